The van der Waals surface area contributed by atoms with Crippen molar-refractivity contribution in [2.45, 2.75) is 59.0 Å². The molecule has 6 heteroatoms. The number of carbonyl (C=O) groups is 1. The van der Waals surface area contributed by atoms with E-state index in [0.717, 1.165) is 23.4 Å². The Kier molecular flexibility index (Phi) is 6.34. The van der Waals surface area contributed by atoms with Crippen LogP contribution in [-0.4, -0.2) is 13.0 Å². The van der Waals surface area contributed by atoms with Crippen LogP contribution in [0.1, 0.15) is 66.7 Å². The van der Waals surface area contributed by atoms with Crippen LogP contribution in [0.25, 0.3) is 0 Å². The number of thiophene rings is 1. The highest BCUT2D eigenvalue weighted by Gasteiger charge is 2.37. The Bertz CT molecular complexity index is 1260. The van der Waals surface area contributed by atoms with Gasteiger partial charge in [0.15, 0.2) is 11.5 Å². The van der Waals surface area contributed by atoms with Crippen LogP contribution in [0, 0.1) is 17.2 Å². The highest BCUT2D eigenvalue weighted by molar-refractivity contribution is 7.16. The summed E-state index contributed by atoms with van der Waals surface area (Å²) in [6.45, 7) is 7.08. The molecular formula is C29H32FNO3S. The Labute approximate surface area is 210 Å². The van der Waals surface area contributed by atoms with Crippen LogP contribution in [0.5, 0.6) is 11.5 Å². The average Bonchev–Trinajstić information content (AvgIpc) is 3.19. The van der Waals surface area contributed by atoms with Crippen LogP contribution < -0.4 is 14.8 Å². The molecule has 0 spiro atoms. The van der Waals surface area contributed by atoms with E-state index in [1.807, 2.05) is 18.2 Å². The Morgan fingerprint density at radius 3 is 2.66 bits per heavy atom. The standard InChI is InChI=1S/C29H32FNO3S/c1-29(2,3)19-10-11-20-25(14-19)35-28-27(20)21(15-26(32)31-28)17-9-12-23(24(13-17)33-4)34-16-18-7-5-6-8-22(18)30/h5-9,12-13,19,21H,10-11,14-16H2,1-4H3,(H,31,32). The minimum absolute atomic E-state index is 0.0144. The molecule has 35 heavy (non-hydrogen) atoms. The van der Waals surface area contributed by atoms with Crippen LogP contribution in [0.15, 0.2) is 42.5 Å². The summed E-state index contributed by atoms with van der Waals surface area (Å²) in [4.78, 5) is 14.1. The van der Waals surface area contributed by atoms with Crippen LogP contribution in [0.4, 0.5) is 9.39 Å². The number of nitrogens with one attached hydrogen (secondary N) is 1. The third-order valence-corrected chi connectivity index (χ3v) is 8.64. The number of amides is 1. The number of hydrogen-bond donors (Lipinski definition) is 1. The lowest BCUT2D eigenvalue weighted by Gasteiger charge is -2.34. The van der Waals surface area contributed by atoms with E-state index >= 15 is 0 Å². The van der Waals surface area contributed by atoms with Gasteiger partial charge in [0.05, 0.1) is 12.1 Å². The molecule has 3 aromatic rings. The lowest BCUT2D eigenvalue weighted by molar-refractivity contribution is -0.116. The quantitative estimate of drug-likeness (QED) is 0.412. The summed E-state index contributed by atoms with van der Waals surface area (Å²) in [6.07, 6.45) is 3.71. The average molecular weight is 494 g/mol. The van der Waals surface area contributed by atoms with E-state index in [9.17, 15) is 9.18 Å². The number of fused-ring (bicyclic) bond motifs is 3. The molecule has 1 aromatic heterocycles. The third-order valence-electron chi connectivity index (χ3n) is 7.45. The Hall–Kier alpha value is -2.86. The molecule has 1 aliphatic heterocycles. The second-order valence-corrected chi connectivity index (χ2v) is 11.8. The zero-order chi connectivity index (χ0) is 24.7. The van der Waals surface area contributed by atoms with Gasteiger partial charge in [-0.15, -0.1) is 11.3 Å². The zero-order valence-electron chi connectivity index (χ0n) is 20.7. The monoisotopic (exact) mass is 493 g/mol. The highest BCUT2D eigenvalue weighted by atomic mass is 32.1. The van der Waals surface area contributed by atoms with Gasteiger partial charge in [-0.3, -0.25) is 4.79 Å². The number of anilines is 1. The van der Waals surface area contributed by atoms with E-state index in [-0.39, 0.29) is 29.7 Å². The molecule has 184 valence electrons. The normalized spacial score (nSPS) is 19.5. The van der Waals surface area contributed by atoms with E-state index in [4.69, 9.17) is 9.47 Å². The maximum Gasteiger partial charge on any atom is 0.225 e. The van der Waals surface area contributed by atoms with Crippen molar-refractivity contribution in [1.29, 1.82) is 0 Å². The van der Waals surface area contributed by atoms with Crippen molar-refractivity contribution in [3.63, 3.8) is 0 Å². The van der Waals surface area contributed by atoms with Gasteiger partial charge in [0.25, 0.3) is 0 Å². The number of methoxy groups -OCH3 is 1. The number of carbonyl (C=O) groups excluding carboxylic acids is 1. The first kappa shape index (κ1) is 23.9. The van der Waals surface area contributed by atoms with Crippen molar-refractivity contribution in [2.75, 3.05) is 12.4 Å². The number of ether oxygens (including phenoxy) is 2. The van der Waals surface area contributed by atoms with Crippen molar-refractivity contribution < 1.29 is 18.7 Å². The number of hydrogen-bond acceptors (Lipinski definition) is 4. The second-order valence-electron chi connectivity index (χ2n) is 10.6. The molecule has 0 radical (unpaired) electrons. The molecule has 0 bridgehead atoms. The van der Waals surface area contributed by atoms with E-state index in [1.54, 1.807) is 36.6 Å². The van der Waals surface area contributed by atoms with Gasteiger partial charge in [0, 0.05) is 22.8 Å². The molecule has 4 nitrogen and oxygen atoms in total. The summed E-state index contributed by atoms with van der Waals surface area (Å²) in [5, 5.41) is 4.15. The molecular weight excluding hydrogens is 461 g/mol. The predicted octanol–water partition coefficient (Wildman–Crippen LogP) is 7.10. The first-order valence-corrected chi connectivity index (χ1v) is 13.0. The molecule has 2 atom stereocenters. The van der Waals surface area contributed by atoms with Crippen LogP contribution in [0.2, 0.25) is 0 Å². The predicted molar refractivity (Wildman–Crippen MR) is 138 cm³/mol. The first-order chi connectivity index (χ1) is 16.7. The molecule has 0 saturated heterocycles. The first-order valence-electron chi connectivity index (χ1n) is 12.2. The minimum Gasteiger partial charge on any atom is -0.493 e. The molecule has 1 N–H and O–H groups in total. The van der Waals surface area contributed by atoms with Gasteiger partial charge in [-0.2, -0.15) is 0 Å². The fourth-order valence-corrected chi connectivity index (χ4v) is 6.76. The highest BCUT2D eigenvalue weighted by Crippen LogP contribution is 2.50. The topological polar surface area (TPSA) is 47.6 Å². The lowest BCUT2D eigenvalue weighted by atomic mass is 9.71. The van der Waals surface area contributed by atoms with Crippen molar-refractivity contribution >= 4 is 22.2 Å². The van der Waals surface area contributed by atoms with Crippen LogP contribution in [-0.2, 0) is 24.2 Å². The molecule has 2 heterocycles. The summed E-state index contributed by atoms with van der Waals surface area (Å²) >= 11 is 1.76. The van der Waals surface area contributed by atoms with E-state index in [0.29, 0.717) is 29.4 Å². The molecule has 0 fully saturated rings. The fourth-order valence-electron chi connectivity index (χ4n) is 5.35. The smallest absolute Gasteiger partial charge is 0.225 e. The summed E-state index contributed by atoms with van der Waals surface area (Å²) < 4.78 is 25.6. The fraction of sp³-hybridized carbons (Fsp3) is 0.414. The van der Waals surface area contributed by atoms with Gasteiger partial charge in [-0.1, -0.05) is 45.0 Å². The maximum absolute atomic E-state index is 14.0. The van der Waals surface area contributed by atoms with Crippen molar-refractivity contribution in [3.05, 3.63) is 75.4 Å². The second kappa shape index (κ2) is 9.30. The zero-order valence-corrected chi connectivity index (χ0v) is 21.6. The molecule has 1 aliphatic carbocycles. The Morgan fingerprint density at radius 2 is 1.91 bits per heavy atom. The number of halogens is 1. The van der Waals surface area contributed by atoms with Gasteiger partial charge < -0.3 is 14.8 Å². The van der Waals surface area contributed by atoms with E-state index in [1.165, 1.54) is 28.5 Å². The lowest BCUT2D eigenvalue weighted by Crippen LogP contribution is -2.27. The summed E-state index contributed by atoms with van der Waals surface area (Å²) in [5.41, 5.74) is 4.50. The Balaban J connectivity index is 1.44. The summed E-state index contributed by atoms with van der Waals surface area (Å²) in [6, 6.07) is 12.4. The SMILES string of the molecule is COc1cc(C2CC(=O)Nc3sc4c(c32)CCC(C(C)(C)C)C4)ccc1OCc1ccccc1F. The van der Waals surface area contributed by atoms with Crippen molar-refractivity contribution in [1.82, 2.24) is 0 Å². The molecule has 5 rings (SSSR count). The number of benzene rings is 2. The Morgan fingerprint density at radius 1 is 1.11 bits per heavy atom. The van der Waals surface area contributed by atoms with Crippen molar-refractivity contribution in [2.24, 2.45) is 11.3 Å². The number of rotatable bonds is 5. The van der Waals surface area contributed by atoms with Crippen molar-refractivity contribution in [3.8, 4) is 11.5 Å². The summed E-state index contributed by atoms with van der Waals surface area (Å²) in [5.74, 6) is 1.53. The van der Waals surface area contributed by atoms with Gasteiger partial charge in [-0.05, 0) is 65.5 Å². The maximum atomic E-state index is 14.0. The molecule has 2 aliphatic rings. The van der Waals surface area contributed by atoms with Gasteiger partial charge in [-0.25, -0.2) is 4.39 Å². The molecule has 2 unspecified atom stereocenters. The molecule has 0 saturated carbocycles. The van der Waals surface area contributed by atoms with Gasteiger partial charge >= 0.3 is 0 Å². The summed E-state index contributed by atoms with van der Waals surface area (Å²) in [7, 11) is 1.60. The third kappa shape index (κ3) is 4.68. The molecule has 2 aromatic carbocycles. The van der Waals surface area contributed by atoms with Crippen LogP contribution >= 0.6 is 11.3 Å². The van der Waals surface area contributed by atoms with E-state index in [2.05, 4.69) is 26.1 Å². The van der Waals surface area contributed by atoms with E-state index < -0.39 is 0 Å². The van der Waals surface area contributed by atoms with Gasteiger partial charge in [0.1, 0.15) is 12.4 Å². The van der Waals surface area contributed by atoms with Gasteiger partial charge in [0.2, 0.25) is 5.91 Å². The minimum atomic E-state index is -0.292. The largest absolute Gasteiger partial charge is 0.493 e. The molecule has 1 amide bonds. The van der Waals surface area contributed by atoms with Crippen LogP contribution in [0.3, 0.4) is 0 Å².